The van der Waals surface area contributed by atoms with E-state index in [2.05, 4.69) is 23.3 Å². The number of likely N-dealkylation sites (N-methyl/N-ethyl adjacent to an activating group) is 1. The van der Waals surface area contributed by atoms with Crippen molar-refractivity contribution >= 4 is 0 Å². The lowest BCUT2D eigenvalue weighted by molar-refractivity contribution is 0.473. The Balaban J connectivity index is 2.25. The molecule has 100 valence electrons. The van der Waals surface area contributed by atoms with Crippen LogP contribution in [0.25, 0.3) is 0 Å². The quantitative estimate of drug-likeness (QED) is 0.864. The first-order chi connectivity index (χ1) is 9.24. The molecule has 0 aliphatic heterocycles. The van der Waals surface area contributed by atoms with E-state index >= 15 is 0 Å². The van der Waals surface area contributed by atoms with Crippen LogP contribution in [0.3, 0.4) is 0 Å². The Morgan fingerprint density at radius 3 is 2.79 bits per heavy atom. The van der Waals surface area contributed by atoms with Gasteiger partial charge < -0.3 is 10.4 Å². The van der Waals surface area contributed by atoms with Gasteiger partial charge in [-0.25, -0.2) is 0 Å². The molecule has 3 heteroatoms. The van der Waals surface area contributed by atoms with Crippen molar-refractivity contribution in [2.45, 2.75) is 25.8 Å². The van der Waals surface area contributed by atoms with E-state index in [4.69, 9.17) is 0 Å². The molecule has 19 heavy (non-hydrogen) atoms. The molecule has 0 bridgehead atoms. The third-order valence-corrected chi connectivity index (χ3v) is 3.34. The largest absolute Gasteiger partial charge is 0.508 e. The number of aromatic nitrogens is 1. The minimum absolute atomic E-state index is 0.165. The number of aryl methyl sites for hydroxylation is 1. The molecular formula is C16H20N2O. The summed E-state index contributed by atoms with van der Waals surface area (Å²) in [6, 6.07) is 11.7. The summed E-state index contributed by atoms with van der Waals surface area (Å²) in [5.41, 5.74) is 3.46. The molecule has 0 aliphatic carbocycles. The summed E-state index contributed by atoms with van der Waals surface area (Å²) >= 11 is 0. The van der Waals surface area contributed by atoms with Crippen molar-refractivity contribution in [1.82, 2.24) is 10.3 Å². The van der Waals surface area contributed by atoms with E-state index in [0.717, 1.165) is 24.1 Å². The fourth-order valence-electron chi connectivity index (χ4n) is 2.32. The molecule has 0 amide bonds. The molecule has 2 N–H and O–H groups in total. The molecule has 2 aromatic rings. The highest BCUT2D eigenvalue weighted by atomic mass is 16.3. The van der Waals surface area contributed by atoms with Gasteiger partial charge in [-0.05, 0) is 49.2 Å². The van der Waals surface area contributed by atoms with Crippen molar-refractivity contribution in [1.29, 1.82) is 0 Å². The Hall–Kier alpha value is -1.87. The van der Waals surface area contributed by atoms with E-state index in [-0.39, 0.29) is 6.04 Å². The summed E-state index contributed by atoms with van der Waals surface area (Å²) in [6.07, 6.45) is 3.62. The zero-order chi connectivity index (χ0) is 13.7. The van der Waals surface area contributed by atoms with Crippen molar-refractivity contribution in [3.63, 3.8) is 0 Å². The van der Waals surface area contributed by atoms with Crippen LogP contribution < -0.4 is 5.32 Å². The van der Waals surface area contributed by atoms with E-state index in [9.17, 15) is 5.11 Å². The number of phenolic OH excluding ortho intramolecular Hbond substituents is 1. The highest BCUT2D eigenvalue weighted by molar-refractivity contribution is 5.30. The summed E-state index contributed by atoms with van der Waals surface area (Å²) in [4.78, 5) is 4.51. The number of nitrogens with zero attached hydrogens (tertiary/aromatic N) is 1. The smallest absolute Gasteiger partial charge is 0.115 e. The molecule has 1 unspecified atom stereocenters. The molecule has 2 rings (SSSR count). The Bertz CT molecular complexity index is 540. The van der Waals surface area contributed by atoms with Crippen molar-refractivity contribution in [3.05, 3.63) is 59.4 Å². The number of hydrogen-bond acceptors (Lipinski definition) is 3. The second-order valence-electron chi connectivity index (χ2n) is 4.62. The lowest BCUT2D eigenvalue weighted by Crippen LogP contribution is -2.21. The van der Waals surface area contributed by atoms with Crippen molar-refractivity contribution in [2.24, 2.45) is 0 Å². The molecule has 0 fully saturated rings. The topological polar surface area (TPSA) is 45.2 Å². The number of benzene rings is 1. The van der Waals surface area contributed by atoms with Crippen molar-refractivity contribution in [3.8, 4) is 5.75 Å². The lowest BCUT2D eigenvalue weighted by Gasteiger charge is -2.18. The first-order valence-electron chi connectivity index (χ1n) is 6.63. The Morgan fingerprint density at radius 1 is 1.26 bits per heavy atom. The number of nitrogens with one attached hydrogen (secondary N) is 1. The number of aromatic hydroxyl groups is 1. The van der Waals surface area contributed by atoms with Gasteiger partial charge >= 0.3 is 0 Å². The van der Waals surface area contributed by atoms with Crippen LogP contribution >= 0.6 is 0 Å². The highest BCUT2D eigenvalue weighted by Gasteiger charge is 2.14. The number of pyridine rings is 1. The van der Waals surface area contributed by atoms with Crippen LogP contribution in [0.4, 0.5) is 0 Å². The van der Waals surface area contributed by atoms with Gasteiger partial charge in [0.1, 0.15) is 5.75 Å². The molecule has 0 radical (unpaired) electrons. The predicted octanol–water partition coefficient (Wildman–Crippen LogP) is 2.85. The monoisotopic (exact) mass is 256 g/mol. The fourth-order valence-corrected chi connectivity index (χ4v) is 2.32. The molecule has 3 nitrogen and oxygen atoms in total. The predicted molar refractivity (Wildman–Crippen MR) is 77.2 cm³/mol. The van der Waals surface area contributed by atoms with Crippen LogP contribution in [-0.2, 0) is 12.8 Å². The Morgan fingerprint density at radius 2 is 2.11 bits per heavy atom. The summed E-state index contributed by atoms with van der Waals surface area (Å²) in [5, 5.41) is 12.9. The first kappa shape index (κ1) is 13.6. The van der Waals surface area contributed by atoms with E-state index in [1.54, 1.807) is 12.1 Å². The SMILES string of the molecule is CCc1cccnc1C(Cc1cccc(O)c1)NC. The standard InChI is InChI=1S/C16H20N2O/c1-3-13-7-5-9-18-16(13)15(17-2)11-12-6-4-8-14(19)10-12/h4-10,15,17,19H,3,11H2,1-2H3. The maximum absolute atomic E-state index is 9.53. The third kappa shape index (κ3) is 3.32. The van der Waals surface area contributed by atoms with Gasteiger partial charge in [-0.1, -0.05) is 25.1 Å². The number of hydrogen-bond donors (Lipinski definition) is 2. The van der Waals surface area contributed by atoms with Gasteiger partial charge in [-0.3, -0.25) is 4.98 Å². The summed E-state index contributed by atoms with van der Waals surface area (Å²) < 4.78 is 0. The van der Waals surface area contributed by atoms with Gasteiger partial charge in [0, 0.05) is 6.20 Å². The normalized spacial score (nSPS) is 12.3. The van der Waals surface area contributed by atoms with Crippen LogP contribution in [-0.4, -0.2) is 17.1 Å². The average molecular weight is 256 g/mol. The zero-order valence-corrected chi connectivity index (χ0v) is 11.4. The van der Waals surface area contributed by atoms with Crippen LogP contribution in [0.2, 0.25) is 0 Å². The van der Waals surface area contributed by atoms with Crippen LogP contribution in [0.15, 0.2) is 42.6 Å². The summed E-state index contributed by atoms with van der Waals surface area (Å²) in [5.74, 6) is 0.309. The highest BCUT2D eigenvalue weighted by Crippen LogP contribution is 2.22. The first-order valence-corrected chi connectivity index (χ1v) is 6.63. The van der Waals surface area contributed by atoms with E-state index < -0.39 is 0 Å². The summed E-state index contributed by atoms with van der Waals surface area (Å²) in [6.45, 7) is 2.14. The molecule has 0 spiro atoms. The third-order valence-electron chi connectivity index (χ3n) is 3.34. The van der Waals surface area contributed by atoms with E-state index in [1.165, 1.54) is 5.56 Å². The second kappa shape index (κ2) is 6.34. The average Bonchev–Trinajstić information content (AvgIpc) is 2.45. The van der Waals surface area contributed by atoms with Gasteiger partial charge in [0.2, 0.25) is 0 Å². The van der Waals surface area contributed by atoms with E-state index in [1.807, 2.05) is 31.4 Å². The Kier molecular flexibility index (Phi) is 4.53. The molecule has 0 saturated heterocycles. The van der Waals surface area contributed by atoms with Crippen LogP contribution in [0.5, 0.6) is 5.75 Å². The molecular weight excluding hydrogens is 236 g/mol. The lowest BCUT2D eigenvalue weighted by atomic mass is 9.98. The van der Waals surface area contributed by atoms with Gasteiger partial charge in [0.05, 0.1) is 11.7 Å². The Labute approximate surface area is 114 Å². The molecule has 1 heterocycles. The molecule has 0 aliphatic rings. The summed E-state index contributed by atoms with van der Waals surface area (Å²) in [7, 11) is 1.95. The minimum Gasteiger partial charge on any atom is -0.508 e. The maximum Gasteiger partial charge on any atom is 0.115 e. The van der Waals surface area contributed by atoms with Crippen molar-refractivity contribution < 1.29 is 5.11 Å². The fraction of sp³-hybridized carbons (Fsp3) is 0.312. The molecule has 0 saturated carbocycles. The molecule has 1 aromatic carbocycles. The minimum atomic E-state index is 0.165. The molecule has 1 atom stereocenters. The second-order valence-corrected chi connectivity index (χ2v) is 4.62. The van der Waals surface area contributed by atoms with Crippen molar-refractivity contribution in [2.75, 3.05) is 7.05 Å². The number of rotatable bonds is 5. The van der Waals surface area contributed by atoms with Crippen LogP contribution in [0, 0.1) is 0 Å². The van der Waals surface area contributed by atoms with Gasteiger partial charge in [0.25, 0.3) is 0 Å². The number of phenols is 1. The molecule has 1 aromatic heterocycles. The van der Waals surface area contributed by atoms with E-state index in [0.29, 0.717) is 5.75 Å². The maximum atomic E-state index is 9.53. The van der Waals surface area contributed by atoms with Gasteiger partial charge in [-0.15, -0.1) is 0 Å². The van der Waals surface area contributed by atoms with Gasteiger partial charge in [0.15, 0.2) is 0 Å². The zero-order valence-electron chi connectivity index (χ0n) is 11.4. The van der Waals surface area contributed by atoms with Crippen LogP contribution in [0.1, 0.15) is 29.8 Å². The van der Waals surface area contributed by atoms with Gasteiger partial charge in [-0.2, -0.15) is 0 Å².